The maximum atomic E-state index is 12.7. The number of benzene rings is 2. The van der Waals surface area contributed by atoms with Gasteiger partial charge in [-0.2, -0.15) is 0 Å². The number of hydrogen-bond acceptors (Lipinski definition) is 4. The van der Waals surface area contributed by atoms with E-state index in [4.69, 9.17) is 0 Å². The van der Waals surface area contributed by atoms with Crippen molar-refractivity contribution in [1.82, 2.24) is 9.97 Å². The minimum absolute atomic E-state index is 0.323. The van der Waals surface area contributed by atoms with Gasteiger partial charge < -0.3 is 0 Å². The molecule has 0 saturated carbocycles. The number of hydrogen-bond donors (Lipinski definition) is 0. The summed E-state index contributed by atoms with van der Waals surface area (Å²) < 4.78 is 0. The third-order valence-electron chi connectivity index (χ3n) is 3.99. The van der Waals surface area contributed by atoms with E-state index in [2.05, 4.69) is 9.97 Å². The molecule has 0 saturated heterocycles. The summed E-state index contributed by atoms with van der Waals surface area (Å²) in [6.07, 6.45) is 3.27. The van der Waals surface area contributed by atoms with Gasteiger partial charge in [0, 0.05) is 18.0 Å². The van der Waals surface area contributed by atoms with Crippen LogP contribution < -0.4 is 4.90 Å². The first-order valence-corrected chi connectivity index (χ1v) is 7.52. The van der Waals surface area contributed by atoms with Crippen LogP contribution in [0, 0.1) is 6.92 Å². The van der Waals surface area contributed by atoms with Crippen LogP contribution in [0.1, 0.15) is 26.3 Å². The molecule has 2 amide bonds. The van der Waals surface area contributed by atoms with Crippen LogP contribution in [0.3, 0.4) is 0 Å². The SMILES string of the molecule is Cc1ccc(N2C(=O)c3ccccc3C2=O)c(-c2ncccn2)c1. The lowest BCUT2D eigenvalue weighted by Gasteiger charge is -2.18. The molecule has 1 aliphatic heterocycles. The highest BCUT2D eigenvalue weighted by atomic mass is 16.2. The van der Waals surface area contributed by atoms with Crippen molar-refractivity contribution >= 4 is 17.5 Å². The molecule has 2 aromatic carbocycles. The molecular formula is C19H13N3O2. The number of rotatable bonds is 2. The molecule has 5 nitrogen and oxygen atoms in total. The average molecular weight is 315 g/mol. The maximum Gasteiger partial charge on any atom is 0.266 e. The molecule has 0 radical (unpaired) electrons. The van der Waals surface area contributed by atoms with Gasteiger partial charge in [-0.1, -0.05) is 23.8 Å². The van der Waals surface area contributed by atoms with Gasteiger partial charge in [0.05, 0.1) is 16.8 Å². The lowest BCUT2D eigenvalue weighted by molar-refractivity contribution is 0.0926. The molecule has 3 aromatic rings. The first kappa shape index (κ1) is 14.3. The van der Waals surface area contributed by atoms with E-state index in [1.165, 1.54) is 4.90 Å². The van der Waals surface area contributed by atoms with Gasteiger partial charge in [0.25, 0.3) is 11.8 Å². The van der Waals surface area contributed by atoms with Crippen LogP contribution in [0.5, 0.6) is 0 Å². The van der Waals surface area contributed by atoms with Crippen molar-refractivity contribution in [2.45, 2.75) is 6.92 Å². The van der Waals surface area contributed by atoms with Crippen LogP contribution in [0.15, 0.2) is 60.9 Å². The monoisotopic (exact) mass is 315 g/mol. The van der Waals surface area contributed by atoms with Crippen molar-refractivity contribution < 1.29 is 9.59 Å². The molecule has 0 N–H and O–H groups in total. The van der Waals surface area contributed by atoms with E-state index in [1.807, 2.05) is 19.1 Å². The van der Waals surface area contributed by atoms with E-state index in [0.717, 1.165) is 5.56 Å². The number of nitrogens with zero attached hydrogens (tertiary/aromatic N) is 3. The van der Waals surface area contributed by atoms with E-state index < -0.39 is 0 Å². The third-order valence-corrected chi connectivity index (χ3v) is 3.99. The Kier molecular flexibility index (Phi) is 3.20. The third kappa shape index (κ3) is 2.10. The highest BCUT2D eigenvalue weighted by Crippen LogP contribution is 2.35. The van der Waals surface area contributed by atoms with Crippen molar-refractivity contribution in [3.63, 3.8) is 0 Å². The molecule has 0 fully saturated rings. The second-order valence-corrected chi connectivity index (χ2v) is 5.58. The molecule has 0 atom stereocenters. The Morgan fingerprint density at radius 1 is 0.792 bits per heavy atom. The minimum Gasteiger partial charge on any atom is -0.268 e. The average Bonchev–Trinajstić information content (AvgIpc) is 2.87. The molecule has 0 bridgehead atoms. The van der Waals surface area contributed by atoms with Gasteiger partial charge in [-0.05, 0) is 37.3 Å². The zero-order valence-corrected chi connectivity index (χ0v) is 12.9. The molecule has 116 valence electrons. The summed E-state index contributed by atoms with van der Waals surface area (Å²) >= 11 is 0. The summed E-state index contributed by atoms with van der Waals surface area (Å²) in [7, 11) is 0. The summed E-state index contributed by atoms with van der Waals surface area (Å²) in [5.74, 6) is -0.166. The molecule has 0 unspecified atom stereocenters. The quantitative estimate of drug-likeness (QED) is 0.681. The predicted molar refractivity (Wildman–Crippen MR) is 89.8 cm³/mol. The Balaban J connectivity index is 1.90. The molecule has 5 heteroatoms. The number of amides is 2. The van der Waals surface area contributed by atoms with Crippen molar-refractivity contribution in [3.05, 3.63) is 77.6 Å². The number of fused-ring (bicyclic) bond motifs is 1. The molecule has 0 spiro atoms. The summed E-state index contributed by atoms with van der Waals surface area (Å²) in [6, 6.07) is 14.1. The lowest BCUT2D eigenvalue weighted by atomic mass is 10.1. The number of aromatic nitrogens is 2. The first-order valence-electron chi connectivity index (χ1n) is 7.52. The topological polar surface area (TPSA) is 63.2 Å². The van der Waals surface area contributed by atoms with E-state index in [-0.39, 0.29) is 11.8 Å². The highest BCUT2D eigenvalue weighted by Gasteiger charge is 2.37. The van der Waals surface area contributed by atoms with Crippen LogP contribution in [-0.2, 0) is 0 Å². The molecule has 2 heterocycles. The van der Waals surface area contributed by atoms with Crippen LogP contribution >= 0.6 is 0 Å². The fourth-order valence-electron chi connectivity index (χ4n) is 2.87. The van der Waals surface area contributed by atoms with Gasteiger partial charge in [-0.15, -0.1) is 0 Å². The van der Waals surface area contributed by atoms with Gasteiger partial charge in [0.2, 0.25) is 0 Å². The molecule has 1 aromatic heterocycles. The highest BCUT2D eigenvalue weighted by molar-refractivity contribution is 6.35. The lowest BCUT2D eigenvalue weighted by Crippen LogP contribution is -2.30. The number of aryl methyl sites for hydroxylation is 1. The summed E-state index contributed by atoms with van der Waals surface area (Å²) in [6.45, 7) is 1.94. The predicted octanol–water partition coefficient (Wildman–Crippen LogP) is 3.25. The Morgan fingerprint density at radius 3 is 2.04 bits per heavy atom. The van der Waals surface area contributed by atoms with Crippen molar-refractivity contribution in [1.29, 1.82) is 0 Å². The summed E-state index contributed by atoms with van der Waals surface area (Å²) in [5.41, 5.74) is 2.99. The Hall–Kier alpha value is -3.34. The minimum atomic E-state index is -0.323. The van der Waals surface area contributed by atoms with Crippen molar-refractivity contribution in [3.8, 4) is 11.4 Å². The van der Waals surface area contributed by atoms with Gasteiger partial charge >= 0.3 is 0 Å². The second-order valence-electron chi connectivity index (χ2n) is 5.58. The van der Waals surface area contributed by atoms with E-state index in [0.29, 0.717) is 28.2 Å². The zero-order chi connectivity index (χ0) is 16.7. The van der Waals surface area contributed by atoms with Crippen LogP contribution in [-0.4, -0.2) is 21.8 Å². The fourth-order valence-corrected chi connectivity index (χ4v) is 2.87. The number of carbonyl (C=O) groups is 2. The molecule has 0 aliphatic carbocycles. The van der Waals surface area contributed by atoms with Crippen LogP contribution in [0.25, 0.3) is 11.4 Å². The smallest absolute Gasteiger partial charge is 0.266 e. The number of anilines is 1. The first-order chi connectivity index (χ1) is 11.7. The Labute approximate surface area is 138 Å². The Bertz CT molecular complexity index is 932. The molecular weight excluding hydrogens is 302 g/mol. The van der Waals surface area contributed by atoms with Crippen LogP contribution in [0.2, 0.25) is 0 Å². The van der Waals surface area contributed by atoms with Crippen LogP contribution in [0.4, 0.5) is 5.69 Å². The van der Waals surface area contributed by atoms with Crippen molar-refractivity contribution in [2.24, 2.45) is 0 Å². The second kappa shape index (κ2) is 5.38. The Morgan fingerprint density at radius 2 is 1.42 bits per heavy atom. The summed E-state index contributed by atoms with van der Waals surface area (Å²) in [4.78, 5) is 35.2. The molecule has 4 rings (SSSR count). The zero-order valence-electron chi connectivity index (χ0n) is 12.9. The fraction of sp³-hybridized carbons (Fsp3) is 0.0526. The summed E-state index contributed by atoms with van der Waals surface area (Å²) in [5, 5.41) is 0. The number of imide groups is 1. The standard InChI is InChI=1S/C19H13N3O2/c1-12-7-8-16(15(11-12)17-20-9-4-10-21-17)22-18(23)13-5-2-3-6-14(13)19(22)24/h2-11H,1H3. The van der Waals surface area contributed by atoms with Gasteiger partial charge in [0.15, 0.2) is 5.82 Å². The van der Waals surface area contributed by atoms with Gasteiger partial charge in [-0.3, -0.25) is 9.59 Å². The van der Waals surface area contributed by atoms with Gasteiger partial charge in [-0.25, -0.2) is 14.9 Å². The molecule has 24 heavy (non-hydrogen) atoms. The number of carbonyl (C=O) groups excluding carboxylic acids is 2. The van der Waals surface area contributed by atoms with Crippen molar-refractivity contribution in [2.75, 3.05) is 4.90 Å². The normalized spacial score (nSPS) is 13.3. The van der Waals surface area contributed by atoms with Gasteiger partial charge in [0.1, 0.15) is 0 Å². The van der Waals surface area contributed by atoms with E-state index in [9.17, 15) is 9.59 Å². The molecule has 1 aliphatic rings. The van der Waals surface area contributed by atoms with E-state index >= 15 is 0 Å². The largest absolute Gasteiger partial charge is 0.268 e. The maximum absolute atomic E-state index is 12.7. The van der Waals surface area contributed by atoms with E-state index in [1.54, 1.807) is 48.8 Å².